The van der Waals surface area contributed by atoms with Crippen LogP contribution in [0.5, 0.6) is 5.75 Å². The predicted octanol–water partition coefficient (Wildman–Crippen LogP) is 3.50. The summed E-state index contributed by atoms with van der Waals surface area (Å²) >= 11 is 0. The van der Waals surface area contributed by atoms with Crippen LogP contribution >= 0.6 is 0 Å². The summed E-state index contributed by atoms with van der Waals surface area (Å²) in [6.45, 7) is 6.49. The van der Waals surface area contributed by atoms with E-state index < -0.39 is 6.17 Å². The number of nitrogens with one attached hydrogen (secondary N) is 2. The molecule has 2 aliphatic heterocycles. The molecule has 0 radical (unpaired) electrons. The smallest absolute Gasteiger partial charge is 0.237 e. The van der Waals surface area contributed by atoms with Crippen LogP contribution in [0.25, 0.3) is 22.0 Å². The zero-order valence-corrected chi connectivity index (χ0v) is 20.3. The number of carbonyl (C=O) groups is 1. The molecule has 1 fully saturated rings. The zero-order valence-electron chi connectivity index (χ0n) is 20.3. The molecule has 0 aliphatic carbocycles. The molecule has 9 heteroatoms. The second kappa shape index (κ2) is 9.73. The minimum absolute atomic E-state index is 0.0992. The lowest BCUT2D eigenvalue weighted by Gasteiger charge is -2.41. The number of piperidine rings is 1. The van der Waals surface area contributed by atoms with E-state index in [2.05, 4.69) is 44.3 Å². The molecule has 184 valence electrons. The fourth-order valence-electron chi connectivity index (χ4n) is 4.95. The first-order valence-electron chi connectivity index (χ1n) is 12.2. The van der Waals surface area contributed by atoms with Gasteiger partial charge in [-0.2, -0.15) is 0 Å². The third-order valence-corrected chi connectivity index (χ3v) is 6.79. The first-order chi connectivity index (χ1) is 16.9. The Morgan fingerprint density at radius 1 is 1.17 bits per heavy atom. The van der Waals surface area contributed by atoms with E-state index in [9.17, 15) is 9.18 Å². The molecule has 3 aromatic rings. The Hall–Kier alpha value is -3.33. The van der Waals surface area contributed by atoms with E-state index in [1.807, 2.05) is 25.1 Å². The minimum atomic E-state index is -1.36. The number of halogens is 1. The van der Waals surface area contributed by atoms with Crippen molar-refractivity contribution in [2.75, 3.05) is 25.0 Å². The Balaban J connectivity index is 1.56. The molecule has 4 bridgehead atoms. The Morgan fingerprint density at radius 2 is 1.97 bits per heavy atom. The van der Waals surface area contributed by atoms with Gasteiger partial charge in [-0.25, -0.2) is 14.4 Å². The van der Waals surface area contributed by atoms with E-state index in [1.165, 1.54) is 0 Å². The monoisotopic (exact) mass is 478 g/mol. The maximum Gasteiger partial charge on any atom is 0.237 e. The number of aryl methyl sites for hydroxylation is 1. The van der Waals surface area contributed by atoms with Gasteiger partial charge in [-0.15, -0.1) is 0 Å². The van der Waals surface area contributed by atoms with Crippen LogP contribution in [0.2, 0.25) is 0 Å². The lowest BCUT2D eigenvalue weighted by Crippen LogP contribution is -2.56. The van der Waals surface area contributed by atoms with Crippen LogP contribution in [-0.4, -0.2) is 69.8 Å². The molecule has 0 saturated carbocycles. The summed E-state index contributed by atoms with van der Waals surface area (Å²) in [5.41, 5.74) is 3.14. The van der Waals surface area contributed by atoms with Gasteiger partial charge in [0.05, 0.1) is 30.0 Å². The molecule has 1 amide bonds. The standard InChI is InChI=1S/C26H31FN6O2/c1-15(2)33-7-6-19-9-24(33)26(34)31-12-18(27)14-35-25-21(17-10-28-16(3)29-11-17)4-5-23-22(25)8-20(32-19)13-30-23/h4-5,8,10-11,13,15,18-19,24,32H,6-7,9,12,14H2,1-3H3,(H,31,34)/t18?,19-,24-/m0/s1. The highest BCUT2D eigenvalue weighted by atomic mass is 19.1. The van der Waals surface area contributed by atoms with Crippen LogP contribution in [-0.2, 0) is 4.79 Å². The summed E-state index contributed by atoms with van der Waals surface area (Å²) < 4.78 is 21.0. The predicted molar refractivity (Wildman–Crippen MR) is 133 cm³/mol. The molecule has 1 saturated heterocycles. The minimum Gasteiger partial charge on any atom is -0.489 e. The van der Waals surface area contributed by atoms with Crippen molar-refractivity contribution in [3.05, 3.63) is 42.6 Å². The van der Waals surface area contributed by atoms with Crippen molar-refractivity contribution in [2.45, 2.75) is 57.9 Å². The second-order valence-electron chi connectivity index (χ2n) is 9.62. The fourth-order valence-corrected chi connectivity index (χ4v) is 4.95. The van der Waals surface area contributed by atoms with E-state index >= 15 is 0 Å². The van der Waals surface area contributed by atoms with Crippen LogP contribution in [0.3, 0.4) is 0 Å². The molecule has 4 heterocycles. The number of aromatic nitrogens is 3. The molecule has 2 N–H and O–H groups in total. The third kappa shape index (κ3) is 4.91. The third-order valence-electron chi connectivity index (χ3n) is 6.79. The van der Waals surface area contributed by atoms with Gasteiger partial charge in [0.1, 0.15) is 18.2 Å². The topological polar surface area (TPSA) is 92.3 Å². The van der Waals surface area contributed by atoms with E-state index in [0.717, 1.165) is 40.7 Å². The summed E-state index contributed by atoms with van der Waals surface area (Å²) in [6, 6.07) is 5.84. The fraction of sp³-hybridized carbons (Fsp3) is 0.462. The highest BCUT2D eigenvalue weighted by Crippen LogP contribution is 2.37. The Bertz CT molecular complexity index is 1220. The number of pyridine rings is 1. The number of anilines is 1. The van der Waals surface area contributed by atoms with Crippen LogP contribution in [0.4, 0.5) is 10.1 Å². The summed E-state index contributed by atoms with van der Waals surface area (Å²) in [5.74, 6) is 1.06. The molecule has 2 aliphatic rings. The van der Waals surface area contributed by atoms with E-state index in [1.54, 1.807) is 18.6 Å². The molecular formula is C26H31FN6O2. The van der Waals surface area contributed by atoms with Crippen LogP contribution in [0, 0.1) is 6.92 Å². The van der Waals surface area contributed by atoms with Gasteiger partial charge in [-0.3, -0.25) is 14.7 Å². The molecule has 2 aromatic heterocycles. The number of nitrogens with zero attached hydrogens (tertiary/aromatic N) is 4. The number of hydrogen-bond acceptors (Lipinski definition) is 7. The summed E-state index contributed by atoms with van der Waals surface area (Å²) in [5, 5.41) is 7.19. The number of ether oxygens (including phenoxy) is 1. The van der Waals surface area contributed by atoms with Crippen molar-refractivity contribution in [1.82, 2.24) is 25.2 Å². The van der Waals surface area contributed by atoms with Crippen LogP contribution in [0.15, 0.2) is 36.8 Å². The highest BCUT2D eigenvalue weighted by Gasteiger charge is 2.35. The van der Waals surface area contributed by atoms with Crippen molar-refractivity contribution >= 4 is 22.5 Å². The number of amides is 1. The maximum atomic E-state index is 14.9. The van der Waals surface area contributed by atoms with Gasteiger partial charge < -0.3 is 15.4 Å². The van der Waals surface area contributed by atoms with Gasteiger partial charge in [-0.1, -0.05) is 0 Å². The quantitative estimate of drug-likeness (QED) is 0.582. The van der Waals surface area contributed by atoms with Gasteiger partial charge in [0, 0.05) is 47.5 Å². The van der Waals surface area contributed by atoms with Crippen molar-refractivity contribution in [1.29, 1.82) is 0 Å². The van der Waals surface area contributed by atoms with Crippen LogP contribution < -0.4 is 15.4 Å². The number of hydrogen-bond donors (Lipinski definition) is 2. The Kier molecular flexibility index (Phi) is 6.51. The number of rotatable bonds is 2. The van der Waals surface area contributed by atoms with Gasteiger partial charge in [0.15, 0.2) is 6.17 Å². The SMILES string of the molecule is Cc1ncc(-c2ccc3ncc4cc3c2OCC(F)CNC(=O)[C@@H]2C[C@H](CCN2C(C)C)N4)cn1. The molecule has 35 heavy (non-hydrogen) atoms. The van der Waals surface area contributed by atoms with Gasteiger partial charge in [0.25, 0.3) is 0 Å². The van der Waals surface area contributed by atoms with Crippen molar-refractivity contribution in [3.63, 3.8) is 0 Å². The molecule has 3 atom stereocenters. The molecular weight excluding hydrogens is 447 g/mol. The van der Waals surface area contributed by atoms with Gasteiger partial charge in [-0.05, 0) is 51.8 Å². The highest BCUT2D eigenvalue weighted by molar-refractivity contribution is 5.94. The number of carbonyl (C=O) groups excluding carboxylic acids is 1. The summed E-state index contributed by atoms with van der Waals surface area (Å²) in [7, 11) is 0. The first kappa shape index (κ1) is 23.4. The largest absolute Gasteiger partial charge is 0.489 e. The second-order valence-corrected chi connectivity index (χ2v) is 9.62. The number of alkyl halides is 1. The van der Waals surface area contributed by atoms with Crippen molar-refractivity contribution in [3.8, 4) is 16.9 Å². The van der Waals surface area contributed by atoms with Gasteiger partial charge >= 0.3 is 0 Å². The average molecular weight is 479 g/mol. The lowest BCUT2D eigenvalue weighted by molar-refractivity contribution is -0.129. The molecule has 1 aromatic carbocycles. The lowest BCUT2D eigenvalue weighted by atomic mass is 9.94. The molecule has 0 spiro atoms. The van der Waals surface area contributed by atoms with Crippen molar-refractivity contribution in [2.24, 2.45) is 0 Å². The number of benzene rings is 1. The van der Waals surface area contributed by atoms with E-state index in [4.69, 9.17) is 4.74 Å². The van der Waals surface area contributed by atoms with Gasteiger partial charge in [0.2, 0.25) is 5.91 Å². The zero-order chi connectivity index (χ0) is 24.5. The normalized spacial score (nSPS) is 23.5. The Morgan fingerprint density at radius 3 is 2.74 bits per heavy atom. The van der Waals surface area contributed by atoms with E-state index in [-0.39, 0.29) is 37.2 Å². The Labute approximate surface area is 204 Å². The van der Waals surface area contributed by atoms with E-state index in [0.29, 0.717) is 18.0 Å². The summed E-state index contributed by atoms with van der Waals surface area (Å²) in [4.78, 5) is 28.5. The first-order valence-corrected chi connectivity index (χ1v) is 12.2. The van der Waals surface area contributed by atoms with Crippen molar-refractivity contribution < 1.29 is 13.9 Å². The molecule has 5 rings (SSSR count). The number of fused-ring (bicyclic) bond motifs is 3. The molecule has 1 unspecified atom stereocenters. The number of likely N-dealkylation sites (tertiary alicyclic amines) is 1. The average Bonchev–Trinajstić information content (AvgIpc) is 2.85. The summed E-state index contributed by atoms with van der Waals surface area (Å²) in [6.07, 6.45) is 5.45. The maximum absolute atomic E-state index is 14.9. The van der Waals surface area contributed by atoms with Crippen LogP contribution in [0.1, 0.15) is 32.5 Å². The molecule has 8 nitrogen and oxygen atoms in total.